The molecule has 8 heteroatoms. The van der Waals surface area contributed by atoms with Crippen molar-refractivity contribution < 1.29 is 39.2 Å². The summed E-state index contributed by atoms with van der Waals surface area (Å²) in [4.78, 5) is 35.8. The quantitative estimate of drug-likeness (QED) is 0.346. The van der Waals surface area contributed by atoms with Crippen LogP contribution in [0.4, 0.5) is 0 Å². The van der Waals surface area contributed by atoms with Crippen LogP contribution >= 0.6 is 0 Å². The Labute approximate surface area is 208 Å². The maximum atomic E-state index is 12.4. The van der Waals surface area contributed by atoms with Gasteiger partial charge in [0.1, 0.15) is 23.4 Å². The van der Waals surface area contributed by atoms with Gasteiger partial charge in [0.15, 0.2) is 5.78 Å². The summed E-state index contributed by atoms with van der Waals surface area (Å²) < 4.78 is 10.9. The number of aliphatic hydroxyl groups excluding tert-OH is 1. The molecule has 1 aliphatic rings. The summed E-state index contributed by atoms with van der Waals surface area (Å²) >= 11 is 0. The van der Waals surface area contributed by atoms with Crippen LogP contribution in [0.2, 0.25) is 0 Å². The van der Waals surface area contributed by atoms with Gasteiger partial charge in [-0.3, -0.25) is 14.4 Å². The molecule has 1 aliphatic heterocycles. The molecule has 0 aliphatic carbocycles. The van der Waals surface area contributed by atoms with Gasteiger partial charge in [-0.15, -0.1) is 0 Å². The fourth-order valence-corrected chi connectivity index (χ4v) is 3.70. The number of rotatable bonds is 8. The molecule has 0 fully saturated rings. The molecule has 3 N–H and O–H groups in total. The van der Waals surface area contributed by atoms with Gasteiger partial charge in [0.2, 0.25) is 0 Å². The minimum atomic E-state index is -1.50. The van der Waals surface area contributed by atoms with Crippen LogP contribution in [0.15, 0.2) is 36.5 Å². The van der Waals surface area contributed by atoms with Crippen LogP contribution in [0.25, 0.3) is 0 Å². The zero-order valence-corrected chi connectivity index (χ0v) is 21.8. The van der Waals surface area contributed by atoms with Gasteiger partial charge < -0.3 is 24.8 Å². The zero-order chi connectivity index (χ0) is 26.8. The van der Waals surface area contributed by atoms with E-state index < -0.39 is 41.5 Å². The molecule has 1 rings (SSSR count). The molecular formula is C27H42O8. The number of ketones is 1. The smallest absolute Gasteiger partial charge is 0.309 e. The number of hydrogen-bond donors (Lipinski definition) is 3. The van der Waals surface area contributed by atoms with Gasteiger partial charge in [-0.05, 0) is 57.3 Å². The lowest BCUT2D eigenvalue weighted by Crippen LogP contribution is -2.42. The molecule has 0 aromatic heterocycles. The predicted molar refractivity (Wildman–Crippen MR) is 132 cm³/mol. The Hall–Kier alpha value is -2.29. The molecule has 1 heterocycles. The summed E-state index contributed by atoms with van der Waals surface area (Å²) in [5, 5.41) is 31.3. The molecule has 0 spiro atoms. The number of aliphatic hydroxyl groups is 3. The molecule has 35 heavy (non-hydrogen) atoms. The van der Waals surface area contributed by atoms with E-state index in [0.717, 1.165) is 0 Å². The van der Waals surface area contributed by atoms with E-state index in [1.54, 1.807) is 31.2 Å². The number of esters is 2. The molecular weight excluding hydrogens is 452 g/mol. The van der Waals surface area contributed by atoms with Crippen LogP contribution in [0, 0.1) is 11.8 Å². The Kier molecular flexibility index (Phi) is 12.0. The maximum absolute atomic E-state index is 12.4. The summed E-state index contributed by atoms with van der Waals surface area (Å²) in [5.41, 5.74) is -2.92. The maximum Gasteiger partial charge on any atom is 0.309 e. The Morgan fingerprint density at radius 1 is 1.37 bits per heavy atom. The molecule has 198 valence electrons. The van der Waals surface area contributed by atoms with Crippen molar-refractivity contribution in [3.8, 4) is 0 Å². The largest absolute Gasteiger partial charge is 0.457 e. The van der Waals surface area contributed by atoms with Gasteiger partial charge in [0, 0.05) is 19.3 Å². The molecule has 0 bridgehead atoms. The third-order valence-corrected chi connectivity index (χ3v) is 6.13. The number of cyclic esters (lactones) is 1. The lowest BCUT2D eigenvalue weighted by atomic mass is 9.89. The molecule has 7 unspecified atom stereocenters. The Bertz CT molecular complexity index is 808. The first-order valence-electron chi connectivity index (χ1n) is 12.2. The molecule has 0 saturated heterocycles. The number of ether oxygens (including phenoxy) is 2. The van der Waals surface area contributed by atoms with Crippen molar-refractivity contribution in [1.29, 1.82) is 0 Å². The highest BCUT2D eigenvalue weighted by atomic mass is 16.6. The summed E-state index contributed by atoms with van der Waals surface area (Å²) in [6, 6.07) is 0. The fourth-order valence-electron chi connectivity index (χ4n) is 3.70. The van der Waals surface area contributed by atoms with E-state index in [1.807, 2.05) is 19.9 Å². The van der Waals surface area contributed by atoms with Crippen LogP contribution in [-0.2, 0) is 23.9 Å². The van der Waals surface area contributed by atoms with Gasteiger partial charge in [-0.1, -0.05) is 39.0 Å². The molecule has 7 atom stereocenters. The molecule has 0 saturated carbocycles. The van der Waals surface area contributed by atoms with E-state index in [0.29, 0.717) is 6.42 Å². The van der Waals surface area contributed by atoms with Gasteiger partial charge in [-0.25, -0.2) is 0 Å². The first kappa shape index (κ1) is 30.7. The van der Waals surface area contributed by atoms with Crippen molar-refractivity contribution in [2.45, 2.75) is 103 Å². The van der Waals surface area contributed by atoms with Crippen molar-refractivity contribution in [1.82, 2.24) is 0 Å². The highest BCUT2D eigenvalue weighted by Gasteiger charge is 2.34. The monoisotopic (exact) mass is 494 g/mol. The van der Waals surface area contributed by atoms with Crippen LogP contribution in [0.5, 0.6) is 0 Å². The second kappa shape index (κ2) is 13.7. The Morgan fingerprint density at radius 3 is 2.63 bits per heavy atom. The first-order chi connectivity index (χ1) is 16.2. The van der Waals surface area contributed by atoms with Crippen LogP contribution in [0.1, 0.15) is 73.6 Å². The number of carbonyl (C=O) groups is 3. The summed E-state index contributed by atoms with van der Waals surface area (Å²) in [5.74, 6) is -1.64. The SMILES string of the molecule is CCC(=O)C(C)(O)/C=C/CC(C)/C=C/C1OC(=O)CC(O)CCC(C)(O)C(OC(C)=O)/C=C\C1C. The van der Waals surface area contributed by atoms with E-state index in [2.05, 4.69) is 0 Å². The van der Waals surface area contributed by atoms with Crippen LogP contribution in [-0.4, -0.2) is 62.6 Å². The molecule has 0 amide bonds. The average Bonchev–Trinajstić information content (AvgIpc) is 2.76. The zero-order valence-electron chi connectivity index (χ0n) is 21.8. The second-order valence-corrected chi connectivity index (χ2v) is 9.91. The number of allylic oxidation sites excluding steroid dienone is 2. The van der Waals surface area contributed by atoms with E-state index in [1.165, 1.54) is 26.8 Å². The van der Waals surface area contributed by atoms with Crippen molar-refractivity contribution in [3.05, 3.63) is 36.5 Å². The number of carbonyl (C=O) groups excluding carboxylic acids is 3. The van der Waals surface area contributed by atoms with Gasteiger partial charge in [0.25, 0.3) is 0 Å². The van der Waals surface area contributed by atoms with E-state index >= 15 is 0 Å². The molecule has 0 aromatic carbocycles. The van der Waals surface area contributed by atoms with Crippen molar-refractivity contribution >= 4 is 17.7 Å². The van der Waals surface area contributed by atoms with Crippen molar-refractivity contribution in [2.75, 3.05) is 0 Å². The van der Waals surface area contributed by atoms with Gasteiger partial charge in [0.05, 0.1) is 12.5 Å². The van der Waals surface area contributed by atoms with E-state index in [4.69, 9.17) is 9.47 Å². The van der Waals surface area contributed by atoms with Crippen LogP contribution in [0.3, 0.4) is 0 Å². The topological polar surface area (TPSA) is 130 Å². The van der Waals surface area contributed by atoms with E-state index in [-0.39, 0.29) is 43.3 Å². The summed E-state index contributed by atoms with van der Waals surface area (Å²) in [7, 11) is 0. The Morgan fingerprint density at radius 2 is 2.03 bits per heavy atom. The second-order valence-electron chi connectivity index (χ2n) is 9.91. The van der Waals surface area contributed by atoms with Gasteiger partial charge >= 0.3 is 11.9 Å². The minimum Gasteiger partial charge on any atom is -0.457 e. The first-order valence-corrected chi connectivity index (χ1v) is 12.2. The third-order valence-electron chi connectivity index (χ3n) is 6.13. The van der Waals surface area contributed by atoms with Crippen molar-refractivity contribution in [2.24, 2.45) is 11.8 Å². The Balaban J connectivity index is 3.05. The highest BCUT2D eigenvalue weighted by Crippen LogP contribution is 2.26. The van der Waals surface area contributed by atoms with E-state index in [9.17, 15) is 29.7 Å². The average molecular weight is 495 g/mol. The molecule has 8 nitrogen and oxygen atoms in total. The minimum absolute atomic E-state index is 0.0233. The van der Waals surface area contributed by atoms with Crippen LogP contribution < -0.4 is 0 Å². The number of Topliss-reactive ketones (excluding diaryl/α,β-unsaturated/α-hetero) is 1. The molecule has 0 radical (unpaired) electrons. The standard InChI is InChI=1S/C27H42O8/c1-7-23(30)26(5,32)15-8-9-18(2)10-12-22-19(3)11-13-24(34-20(4)28)27(6,33)16-14-21(29)17-25(31)35-22/h8,10-13,15,18-19,21-22,24,29,32-33H,7,9,14,16-17H2,1-6H3/b12-10+,13-11-,15-8+. The van der Waals surface area contributed by atoms with Gasteiger partial charge in [-0.2, -0.15) is 0 Å². The normalized spacial score (nSPS) is 32.2. The molecule has 0 aromatic rings. The predicted octanol–water partition coefficient (Wildman–Crippen LogP) is 3.19. The number of hydrogen-bond acceptors (Lipinski definition) is 8. The third kappa shape index (κ3) is 10.9. The lowest BCUT2D eigenvalue weighted by molar-refractivity contribution is -0.157. The highest BCUT2D eigenvalue weighted by molar-refractivity contribution is 5.88. The fraction of sp³-hybridized carbons (Fsp3) is 0.667. The summed E-state index contributed by atoms with van der Waals surface area (Å²) in [6.45, 7) is 9.74. The summed E-state index contributed by atoms with van der Waals surface area (Å²) in [6.07, 6.45) is 8.50. The van der Waals surface area contributed by atoms with Crippen molar-refractivity contribution in [3.63, 3.8) is 0 Å². The lowest BCUT2D eigenvalue weighted by Gasteiger charge is -2.32.